The lowest BCUT2D eigenvalue weighted by Gasteiger charge is -2.35. The topological polar surface area (TPSA) is 274 Å². The Hall–Kier alpha value is -7.32. The Morgan fingerprint density at radius 2 is 0.667 bits per heavy atom. The van der Waals surface area contributed by atoms with Gasteiger partial charge in [0.1, 0.15) is 53.0 Å². The molecule has 3 aliphatic heterocycles. The van der Waals surface area contributed by atoms with Gasteiger partial charge in [-0.15, -0.1) is 34.0 Å². The van der Waals surface area contributed by atoms with Crippen LogP contribution in [0.4, 0.5) is 43.4 Å². The van der Waals surface area contributed by atoms with Gasteiger partial charge in [-0.25, -0.2) is 26.3 Å². The summed E-state index contributed by atoms with van der Waals surface area (Å²) in [6, 6.07) is 25.2. The molecule has 0 aliphatic carbocycles. The van der Waals surface area contributed by atoms with Gasteiger partial charge in [0.25, 0.3) is 30.6 Å². The molecule has 3 amide bonds. The second-order valence-electron chi connectivity index (χ2n) is 21.4. The first-order chi connectivity index (χ1) is 45.4. The summed E-state index contributed by atoms with van der Waals surface area (Å²) in [6.45, 7) is 0. The van der Waals surface area contributed by atoms with Crippen LogP contribution >= 0.6 is 68.8 Å². The monoisotopic (exact) mass is 1540 g/mol. The van der Waals surface area contributed by atoms with Gasteiger partial charge in [-0.1, -0.05) is 57.1 Å². The van der Waals surface area contributed by atoms with Crippen LogP contribution in [0.25, 0.3) is 31.7 Å². The first-order valence-electron chi connectivity index (χ1n) is 28.1. The highest BCUT2D eigenvalue weighted by Gasteiger charge is 2.44. The zero-order valence-corrected chi connectivity index (χ0v) is 56.8. The third-order valence-corrected chi connectivity index (χ3v) is 24.3. The molecule has 36 heteroatoms. The normalized spacial score (nSPS) is 20.1. The molecule has 6 atom stereocenters. The molecular formula is C63H63Cl3F6N12O9S6. The minimum Gasteiger partial charge on any atom is -0.325 e. The van der Waals surface area contributed by atoms with E-state index in [1.54, 1.807) is 36.4 Å². The number of carbonyl (C=O) groups excluding carboxylic acids is 3. The van der Waals surface area contributed by atoms with Crippen LogP contribution in [0.5, 0.6) is 0 Å². The van der Waals surface area contributed by atoms with Crippen LogP contribution in [0.15, 0.2) is 146 Å². The van der Waals surface area contributed by atoms with Gasteiger partial charge in [0.05, 0.1) is 83.5 Å². The Bertz CT molecular complexity index is 4280. The van der Waals surface area contributed by atoms with Crippen molar-refractivity contribution in [1.29, 1.82) is 0 Å². The number of thiophene rings is 3. The molecule has 0 bridgehead atoms. The molecule has 6 N–H and O–H groups in total. The molecule has 99 heavy (non-hydrogen) atoms. The van der Waals surface area contributed by atoms with E-state index in [-0.39, 0.29) is 73.7 Å². The maximum Gasteiger partial charge on any atom is 0.280 e. The summed E-state index contributed by atoms with van der Waals surface area (Å²) in [5, 5.41) is 7.29. The SMILES string of the molecule is C.C.C.CN1C(C(=O)Nc2ccc(F)c(Cl)c2)CC(c2ccc(-c3ccc(F)cn3)s2)NS1(=O)=O.CN1[C@@H](C(=O)Nc2ccc(F)c(Cl)c2)C[C@@H](c2ccc(-c3ccc(F)cn3)s2)NS1(=O)=O.CN1[C@H](C(=O)Nc2ccc(F)c(Cl)c2)C[C@H](c2ccc(-c3ccc(F)cn3)s2)NS1(=O)=O. The lowest BCUT2D eigenvalue weighted by Crippen LogP contribution is -2.55. The van der Waals surface area contributed by atoms with E-state index >= 15 is 0 Å². The van der Waals surface area contributed by atoms with Crippen LogP contribution in [-0.2, 0) is 45.0 Å². The molecule has 3 aromatic carbocycles. The van der Waals surface area contributed by atoms with E-state index in [9.17, 15) is 66.0 Å². The van der Waals surface area contributed by atoms with Crippen molar-refractivity contribution in [3.63, 3.8) is 0 Å². The van der Waals surface area contributed by atoms with E-state index < -0.39 is 120 Å². The average molecular weight is 1550 g/mol. The highest BCUT2D eigenvalue weighted by Crippen LogP contribution is 2.40. The lowest BCUT2D eigenvalue weighted by atomic mass is 10.1. The fourth-order valence-electron chi connectivity index (χ4n) is 9.89. The van der Waals surface area contributed by atoms with Gasteiger partial charge in [0, 0.05) is 52.8 Å². The predicted molar refractivity (Wildman–Crippen MR) is 376 cm³/mol. The van der Waals surface area contributed by atoms with Gasteiger partial charge in [-0.3, -0.25) is 29.3 Å². The molecule has 3 aliphatic rings. The molecule has 0 spiro atoms. The van der Waals surface area contributed by atoms with E-state index in [1.807, 2.05) is 0 Å². The van der Waals surface area contributed by atoms with Crippen molar-refractivity contribution in [2.45, 2.75) is 77.8 Å². The predicted octanol–water partition coefficient (Wildman–Crippen LogP) is 13.8. The van der Waals surface area contributed by atoms with Gasteiger partial charge in [0.2, 0.25) is 17.7 Å². The molecule has 12 rings (SSSR count). The first kappa shape index (κ1) is 79.0. The van der Waals surface area contributed by atoms with Crippen molar-refractivity contribution in [3.8, 4) is 31.7 Å². The molecule has 0 radical (unpaired) electrons. The summed E-state index contributed by atoms with van der Waals surface area (Å²) >= 11 is 21.2. The molecule has 2 unspecified atom stereocenters. The number of hydrogen-bond acceptors (Lipinski definition) is 15. The summed E-state index contributed by atoms with van der Waals surface area (Å²) in [5.74, 6) is -4.95. The van der Waals surface area contributed by atoms with Crippen molar-refractivity contribution >= 4 is 134 Å². The van der Waals surface area contributed by atoms with Gasteiger partial charge in [-0.05, 0) is 147 Å². The molecular weight excluding hydrogens is 1480 g/mol. The van der Waals surface area contributed by atoms with Crippen LogP contribution in [0.1, 0.15) is 74.3 Å². The smallest absolute Gasteiger partial charge is 0.280 e. The van der Waals surface area contributed by atoms with Crippen LogP contribution in [0.2, 0.25) is 15.1 Å². The van der Waals surface area contributed by atoms with Crippen molar-refractivity contribution < 1.29 is 66.0 Å². The van der Waals surface area contributed by atoms with Crippen LogP contribution < -0.4 is 30.1 Å². The van der Waals surface area contributed by atoms with E-state index in [0.717, 1.165) is 64.3 Å². The molecule has 528 valence electrons. The third-order valence-electron chi connectivity index (χ3n) is 15.0. The number of aromatic nitrogens is 3. The lowest BCUT2D eigenvalue weighted by molar-refractivity contribution is -0.120. The fourth-order valence-corrected chi connectivity index (χ4v) is 17.6. The summed E-state index contributed by atoms with van der Waals surface area (Å²) in [7, 11) is -7.90. The Labute approximate surface area is 595 Å². The van der Waals surface area contributed by atoms with E-state index in [1.165, 1.54) is 128 Å². The fraction of sp³-hybridized carbons (Fsp3) is 0.238. The highest BCUT2D eigenvalue weighted by molar-refractivity contribution is 7.87. The van der Waals surface area contributed by atoms with Gasteiger partial charge >= 0.3 is 0 Å². The van der Waals surface area contributed by atoms with Crippen molar-refractivity contribution in [2.24, 2.45) is 0 Å². The number of benzene rings is 3. The molecule has 6 aromatic heterocycles. The number of carbonyl (C=O) groups is 3. The minimum atomic E-state index is -3.94. The average Bonchev–Trinajstić information content (AvgIpc) is 1.71. The molecule has 9 heterocycles. The molecule has 0 saturated carbocycles. The van der Waals surface area contributed by atoms with Crippen LogP contribution in [0, 0.1) is 34.9 Å². The van der Waals surface area contributed by atoms with Crippen LogP contribution in [0.3, 0.4) is 0 Å². The maximum absolute atomic E-state index is 13.4. The second-order valence-corrected chi connectivity index (χ2v) is 31.2. The molecule has 21 nitrogen and oxygen atoms in total. The number of hydrogen-bond donors (Lipinski definition) is 6. The summed E-state index contributed by atoms with van der Waals surface area (Å²) in [6.07, 6.45) is 3.80. The van der Waals surface area contributed by atoms with Gasteiger partial charge < -0.3 is 16.0 Å². The number of nitrogens with zero attached hydrogens (tertiary/aromatic N) is 6. The number of nitrogens with one attached hydrogen (secondary N) is 6. The summed E-state index contributed by atoms with van der Waals surface area (Å²) < 4.78 is 166. The minimum absolute atomic E-state index is 0. The van der Waals surface area contributed by atoms with Gasteiger partial charge in [0.15, 0.2) is 0 Å². The number of halogens is 9. The Morgan fingerprint density at radius 1 is 0.414 bits per heavy atom. The number of pyridine rings is 3. The standard InChI is InChI=1S/3C20H17ClF2N4O3S2.3CH4/c3*1-27-17(20(28)25-12-3-4-14(23)13(21)8-12)9-16(26-32(27,29)30)19-7-6-18(31-19)15-5-2-11(22)10-24-15;;;/h3*2-8,10,16-17,26H,9H2,1H3,(H,25,28);3*1H4/t2*16-,17+;;;;/m10..../s1. The summed E-state index contributed by atoms with van der Waals surface area (Å²) in [5.41, 5.74) is 2.43. The Balaban J connectivity index is 0.000000206. The number of rotatable bonds is 12. The zero-order chi connectivity index (χ0) is 69.1. The van der Waals surface area contributed by atoms with Crippen molar-refractivity contribution in [2.75, 3.05) is 37.1 Å². The Morgan fingerprint density at radius 3 is 0.889 bits per heavy atom. The molecule has 3 saturated heterocycles. The third kappa shape index (κ3) is 19.0. The summed E-state index contributed by atoms with van der Waals surface area (Å²) in [4.78, 5) is 55.0. The maximum atomic E-state index is 13.4. The zero-order valence-electron chi connectivity index (χ0n) is 49.7. The number of anilines is 3. The van der Waals surface area contributed by atoms with Crippen molar-refractivity contribution in [3.05, 3.63) is 211 Å². The first-order valence-corrected chi connectivity index (χ1v) is 36.0. The number of amides is 3. The molecule has 9 aromatic rings. The highest BCUT2D eigenvalue weighted by atomic mass is 35.5. The van der Waals surface area contributed by atoms with E-state index in [0.29, 0.717) is 31.7 Å². The van der Waals surface area contributed by atoms with Crippen molar-refractivity contribution in [1.82, 2.24) is 42.0 Å². The Kier molecular flexibility index (Phi) is 26.3. The van der Waals surface area contributed by atoms with E-state index in [4.69, 9.17) is 34.8 Å². The van der Waals surface area contributed by atoms with Gasteiger partial charge in [-0.2, -0.15) is 52.3 Å². The largest absolute Gasteiger partial charge is 0.325 e. The number of likely N-dealkylation sites (N-methyl/N-ethyl adjacent to an activating group) is 3. The van der Waals surface area contributed by atoms with Crippen LogP contribution in [-0.4, -0.2) is 110 Å². The van der Waals surface area contributed by atoms with E-state index in [2.05, 4.69) is 45.1 Å². The second kappa shape index (κ2) is 33.0. The molecule has 3 fully saturated rings. The quantitative estimate of drug-likeness (QED) is 0.0623.